The van der Waals surface area contributed by atoms with Crippen molar-refractivity contribution in [2.75, 3.05) is 6.54 Å². The first kappa shape index (κ1) is 31.6. The van der Waals surface area contributed by atoms with Crippen molar-refractivity contribution in [2.24, 2.45) is 7.05 Å². The van der Waals surface area contributed by atoms with E-state index in [9.17, 15) is 27.0 Å². The Hall–Kier alpha value is -2.90. The van der Waals surface area contributed by atoms with E-state index in [2.05, 4.69) is 9.44 Å². The van der Waals surface area contributed by atoms with Crippen LogP contribution in [0.25, 0.3) is 11.1 Å². The number of aromatic nitrogens is 1. The van der Waals surface area contributed by atoms with Gasteiger partial charge in [0.05, 0.1) is 6.04 Å². The minimum Gasteiger partial charge on any atom is -0.598 e. The maximum absolute atomic E-state index is 15.3. The highest BCUT2D eigenvalue weighted by molar-refractivity contribution is 7.90. The molecule has 0 aliphatic rings. The third kappa shape index (κ3) is 7.64. The van der Waals surface area contributed by atoms with Crippen molar-refractivity contribution >= 4 is 28.0 Å². The van der Waals surface area contributed by atoms with Crippen molar-refractivity contribution in [3.63, 3.8) is 0 Å². The average Bonchev–Trinajstić information content (AvgIpc) is 2.88. The first-order valence-electron chi connectivity index (χ1n) is 12.6. The molecule has 8 nitrogen and oxygen atoms in total. The highest BCUT2D eigenvalue weighted by atomic mass is 32.2. The van der Waals surface area contributed by atoms with Crippen LogP contribution in [0, 0.1) is 11.6 Å². The molecule has 12 heteroatoms. The second-order valence-electron chi connectivity index (χ2n) is 10.3. The van der Waals surface area contributed by atoms with Crippen molar-refractivity contribution in [3.8, 4) is 11.1 Å². The van der Waals surface area contributed by atoms with E-state index in [0.29, 0.717) is 23.1 Å². The predicted octanol–water partition coefficient (Wildman–Crippen LogP) is 3.72. The summed E-state index contributed by atoms with van der Waals surface area (Å²) in [6.07, 6.45) is 1.97. The van der Waals surface area contributed by atoms with Crippen LogP contribution in [0.15, 0.2) is 53.5 Å². The summed E-state index contributed by atoms with van der Waals surface area (Å²) in [6, 6.07) is 8.23. The SMILES string of the molecule is CCC(N[S@@+]([O-])C(C)(C)C)c1cc(=O)n(C)cc1-c1cc(CCN[SH](=O)=O)c(F)cc1C(=O)c1ccc(F)cc1. The molecule has 0 spiro atoms. The van der Waals surface area contributed by atoms with E-state index in [4.69, 9.17) is 0 Å². The van der Waals surface area contributed by atoms with Gasteiger partial charge in [-0.15, -0.1) is 4.72 Å². The molecule has 0 fully saturated rings. The van der Waals surface area contributed by atoms with Crippen molar-refractivity contribution in [1.82, 2.24) is 14.0 Å². The fraction of sp³-hybridized carbons (Fsp3) is 0.357. The quantitative estimate of drug-likeness (QED) is 0.177. The maximum Gasteiger partial charge on any atom is 0.250 e. The van der Waals surface area contributed by atoms with E-state index in [1.165, 1.54) is 42.1 Å². The zero-order valence-electron chi connectivity index (χ0n) is 22.9. The van der Waals surface area contributed by atoms with Crippen LogP contribution < -0.4 is 15.0 Å². The number of hydrogen-bond donors (Lipinski definition) is 3. The molecule has 2 aromatic carbocycles. The minimum atomic E-state index is -2.88. The normalized spacial score (nSPS) is 13.4. The maximum atomic E-state index is 15.3. The van der Waals surface area contributed by atoms with Crippen molar-refractivity contribution in [1.29, 1.82) is 0 Å². The molecule has 216 valence electrons. The van der Waals surface area contributed by atoms with E-state index in [0.717, 1.165) is 18.2 Å². The number of ketones is 1. The van der Waals surface area contributed by atoms with Crippen LogP contribution in [0.1, 0.15) is 67.2 Å². The first-order chi connectivity index (χ1) is 18.7. The first-order valence-corrected chi connectivity index (χ1v) is 14.9. The number of hydrogen-bond acceptors (Lipinski definition) is 6. The molecule has 40 heavy (non-hydrogen) atoms. The molecule has 1 heterocycles. The standard InChI is InChI=1S/C28H33F2N3O5S2/c1-6-25(32-39(36)28(2,3)4)21-15-26(34)33(5)16-23(21)20-13-18(11-12-31-40(37)38)24(30)14-22(20)27(35)17-7-9-19(29)10-8-17/h7-10,13-16,25,32,40H,6,11-12H2,1-5H3,(H,31,37,38)/t25?,39-/m0/s1. The van der Waals surface area contributed by atoms with Gasteiger partial charge in [0.15, 0.2) is 5.78 Å². The molecule has 1 aromatic heterocycles. The summed E-state index contributed by atoms with van der Waals surface area (Å²) in [7, 11) is -1.34. The lowest BCUT2D eigenvalue weighted by molar-refractivity contribution is 0.103. The average molecular weight is 594 g/mol. The Morgan fingerprint density at radius 1 is 1.10 bits per heavy atom. The van der Waals surface area contributed by atoms with Gasteiger partial charge in [0.2, 0.25) is 10.9 Å². The molecule has 0 amide bonds. The fourth-order valence-corrected chi connectivity index (χ4v) is 5.29. The number of aryl methyl sites for hydroxylation is 1. The summed E-state index contributed by atoms with van der Waals surface area (Å²) in [5.74, 6) is -1.82. The number of rotatable bonds is 11. The minimum absolute atomic E-state index is 0.00222. The number of carbonyl (C=O) groups is 1. The van der Waals surface area contributed by atoms with E-state index in [1.54, 1.807) is 0 Å². The highest BCUT2D eigenvalue weighted by Gasteiger charge is 2.31. The molecule has 0 saturated heterocycles. The summed E-state index contributed by atoms with van der Waals surface area (Å²) < 4.78 is 69.8. The molecule has 0 aliphatic carbocycles. The molecule has 0 saturated carbocycles. The van der Waals surface area contributed by atoms with Gasteiger partial charge in [-0.25, -0.2) is 21.9 Å². The number of halogens is 2. The molecule has 2 N–H and O–H groups in total. The number of benzene rings is 2. The third-order valence-electron chi connectivity index (χ3n) is 6.31. The molecule has 0 bridgehead atoms. The molecule has 1 unspecified atom stereocenters. The lowest BCUT2D eigenvalue weighted by Crippen LogP contribution is -2.41. The van der Waals surface area contributed by atoms with E-state index < -0.39 is 50.5 Å². The van der Waals surface area contributed by atoms with Gasteiger partial charge in [-0.3, -0.25) is 9.59 Å². The summed E-state index contributed by atoms with van der Waals surface area (Å²) in [5, 5.41) is 0. The zero-order valence-corrected chi connectivity index (χ0v) is 24.6. The van der Waals surface area contributed by atoms with Gasteiger partial charge < -0.3 is 9.12 Å². The number of thiol groups is 1. The van der Waals surface area contributed by atoms with Crippen LogP contribution in [0.4, 0.5) is 8.78 Å². The second kappa shape index (κ2) is 13.2. The Kier molecular flexibility index (Phi) is 10.4. The van der Waals surface area contributed by atoms with Crippen LogP contribution >= 0.6 is 0 Å². The number of nitrogens with zero attached hydrogens (tertiary/aromatic N) is 1. The van der Waals surface area contributed by atoms with E-state index >= 15 is 4.39 Å². The number of nitrogens with one attached hydrogen (secondary N) is 2. The summed E-state index contributed by atoms with van der Waals surface area (Å²) in [6.45, 7) is 7.22. The third-order valence-corrected chi connectivity index (χ3v) is 8.41. The van der Waals surface area contributed by atoms with E-state index in [-0.39, 0.29) is 35.2 Å². The molecule has 0 radical (unpaired) electrons. The lowest BCUT2D eigenvalue weighted by Gasteiger charge is -2.29. The number of carbonyl (C=O) groups excluding carboxylic acids is 1. The van der Waals surface area contributed by atoms with Crippen LogP contribution in [-0.2, 0) is 35.7 Å². The van der Waals surface area contributed by atoms with Gasteiger partial charge in [0.25, 0.3) is 5.56 Å². The van der Waals surface area contributed by atoms with Crippen LogP contribution in [0.3, 0.4) is 0 Å². The van der Waals surface area contributed by atoms with Crippen LogP contribution in [0.5, 0.6) is 0 Å². The van der Waals surface area contributed by atoms with Gasteiger partial charge in [0, 0.05) is 53.9 Å². The zero-order chi connectivity index (χ0) is 29.8. The molecular weight excluding hydrogens is 560 g/mol. The van der Waals surface area contributed by atoms with Gasteiger partial charge in [-0.05, 0) is 86.7 Å². The Balaban J connectivity index is 2.28. The van der Waals surface area contributed by atoms with E-state index in [1.807, 2.05) is 27.7 Å². The van der Waals surface area contributed by atoms with Crippen molar-refractivity contribution in [2.45, 2.75) is 51.3 Å². The van der Waals surface area contributed by atoms with Gasteiger partial charge >= 0.3 is 0 Å². The van der Waals surface area contributed by atoms with Crippen molar-refractivity contribution in [3.05, 3.63) is 92.9 Å². The number of pyridine rings is 1. The Labute approximate surface area is 237 Å². The van der Waals surface area contributed by atoms with Gasteiger partial charge in [0.1, 0.15) is 16.4 Å². The summed E-state index contributed by atoms with van der Waals surface area (Å²) in [4.78, 5) is 26.4. The molecule has 3 rings (SSSR count). The van der Waals surface area contributed by atoms with Gasteiger partial charge in [-0.2, -0.15) is 0 Å². The largest absolute Gasteiger partial charge is 0.598 e. The Morgan fingerprint density at radius 2 is 1.75 bits per heavy atom. The molecular formula is C28H33F2N3O5S2. The molecule has 3 aromatic rings. The lowest BCUT2D eigenvalue weighted by atomic mass is 9.88. The highest BCUT2D eigenvalue weighted by Crippen LogP contribution is 2.35. The molecule has 2 atom stereocenters. The Bertz CT molecular complexity index is 1510. The fourth-order valence-electron chi connectivity index (χ4n) is 4.09. The smallest absolute Gasteiger partial charge is 0.250 e. The topological polar surface area (TPSA) is 120 Å². The predicted molar refractivity (Wildman–Crippen MR) is 153 cm³/mol. The molecule has 0 aliphatic heterocycles. The van der Waals surface area contributed by atoms with Gasteiger partial charge in [-0.1, -0.05) is 6.92 Å². The van der Waals surface area contributed by atoms with Crippen LogP contribution in [0.2, 0.25) is 0 Å². The Morgan fingerprint density at radius 3 is 2.33 bits per heavy atom. The van der Waals surface area contributed by atoms with Crippen LogP contribution in [-0.4, -0.2) is 34.6 Å². The second-order valence-corrected chi connectivity index (χ2v) is 13.1. The summed E-state index contributed by atoms with van der Waals surface area (Å²) >= 11 is -1.49. The van der Waals surface area contributed by atoms with Crippen molar-refractivity contribution < 1.29 is 26.5 Å². The summed E-state index contributed by atoms with van der Waals surface area (Å²) in [5.41, 5.74) is 1.11. The monoisotopic (exact) mass is 593 g/mol.